The molecule has 0 aliphatic heterocycles. The van der Waals surface area contributed by atoms with E-state index in [1.807, 2.05) is 6.07 Å². The molecule has 2 aromatic carbocycles. The molecule has 0 saturated carbocycles. The third kappa shape index (κ3) is 2.53. The SMILES string of the molecule is CCCc1ccc(-c2ccccc2Br)cc1. The van der Waals surface area contributed by atoms with Gasteiger partial charge in [0.15, 0.2) is 0 Å². The second kappa shape index (κ2) is 5.31. The predicted molar refractivity (Wildman–Crippen MR) is 73.6 cm³/mol. The second-order valence-electron chi connectivity index (χ2n) is 3.93. The lowest BCUT2D eigenvalue weighted by Gasteiger charge is -2.05. The van der Waals surface area contributed by atoms with Crippen LogP contribution >= 0.6 is 15.9 Å². The van der Waals surface area contributed by atoms with Crippen molar-refractivity contribution in [3.05, 3.63) is 58.6 Å². The molecule has 2 rings (SSSR count). The first-order chi connectivity index (χ1) is 7.81. The van der Waals surface area contributed by atoms with Crippen LogP contribution in [0.15, 0.2) is 53.0 Å². The summed E-state index contributed by atoms with van der Waals surface area (Å²) in [5.41, 5.74) is 3.94. The van der Waals surface area contributed by atoms with E-state index in [4.69, 9.17) is 0 Å². The van der Waals surface area contributed by atoms with Crippen LogP contribution in [0.4, 0.5) is 0 Å². The van der Waals surface area contributed by atoms with Crippen molar-refractivity contribution in [1.82, 2.24) is 0 Å². The van der Waals surface area contributed by atoms with Crippen molar-refractivity contribution in [3.63, 3.8) is 0 Å². The molecule has 0 aliphatic rings. The Hall–Kier alpha value is -1.08. The fraction of sp³-hybridized carbons (Fsp3) is 0.200. The Labute approximate surface area is 105 Å². The molecule has 0 bridgehead atoms. The van der Waals surface area contributed by atoms with E-state index in [-0.39, 0.29) is 0 Å². The zero-order chi connectivity index (χ0) is 11.4. The van der Waals surface area contributed by atoms with E-state index in [1.165, 1.54) is 23.1 Å². The molecular weight excluding hydrogens is 260 g/mol. The van der Waals surface area contributed by atoms with E-state index >= 15 is 0 Å². The van der Waals surface area contributed by atoms with E-state index in [0.717, 1.165) is 10.9 Å². The average molecular weight is 275 g/mol. The zero-order valence-corrected chi connectivity index (χ0v) is 11.0. The van der Waals surface area contributed by atoms with E-state index in [0.29, 0.717) is 0 Å². The topological polar surface area (TPSA) is 0 Å². The van der Waals surface area contributed by atoms with Crippen LogP contribution in [0.25, 0.3) is 11.1 Å². The molecule has 0 aliphatic carbocycles. The number of benzene rings is 2. The minimum absolute atomic E-state index is 1.15. The summed E-state index contributed by atoms with van der Waals surface area (Å²) >= 11 is 3.58. The lowest BCUT2D eigenvalue weighted by atomic mass is 10.0. The van der Waals surface area contributed by atoms with E-state index in [2.05, 4.69) is 65.3 Å². The van der Waals surface area contributed by atoms with Crippen molar-refractivity contribution in [2.45, 2.75) is 19.8 Å². The highest BCUT2D eigenvalue weighted by atomic mass is 79.9. The molecule has 0 atom stereocenters. The molecule has 0 amide bonds. The lowest BCUT2D eigenvalue weighted by Crippen LogP contribution is -1.84. The lowest BCUT2D eigenvalue weighted by molar-refractivity contribution is 0.922. The first-order valence-corrected chi connectivity index (χ1v) is 6.44. The maximum absolute atomic E-state index is 3.58. The normalized spacial score (nSPS) is 10.4. The van der Waals surface area contributed by atoms with Crippen molar-refractivity contribution in [2.75, 3.05) is 0 Å². The number of aryl methyl sites for hydroxylation is 1. The van der Waals surface area contributed by atoms with Crippen molar-refractivity contribution in [1.29, 1.82) is 0 Å². The molecule has 2 aromatic rings. The monoisotopic (exact) mass is 274 g/mol. The second-order valence-corrected chi connectivity index (χ2v) is 4.78. The molecule has 0 aromatic heterocycles. The third-order valence-electron chi connectivity index (χ3n) is 2.68. The molecule has 0 unspecified atom stereocenters. The van der Waals surface area contributed by atoms with Crippen molar-refractivity contribution < 1.29 is 0 Å². The van der Waals surface area contributed by atoms with Crippen LogP contribution < -0.4 is 0 Å². The van der Waals surface area contributed by atoms with Crippen LogP contribution in [0.1, 0.15) is 18.9 Å². The Bertz CT molecular complexity index is 457. The summed E-state index contributed by atoms with van der Waals surface area (Å²) < 4.78 is 1.15. The number of halogens is 1. The minimum Gasteiger partial charge on any atom is -0.0651 e. The van der Waals surface area contributed by atoms with Gasteiger partial charge in [0.25, 0.3) is 0 Å². The predicted octanol–water partition coefficient (Wildman–Crippen LogP) is 5.07. The van der Waals surface area contributed by atoms with Gasteiger partial charge in [0.05, 0.1) is 0 Å². The molecular formula is C15H15Br. The maximum Gasteiger partial charge on any atom is 0.0253 e. The Morgan fingerprint density at radius 1 is 0.938 bits per heavy atom. The summed E-state index contributed by atoms with van der Waals surface area (Å²) in [7, 11) is 0. The highest BCUT2D eigenvalue weighted by molar-refractivity contribution is 9.10. The fourth-order valence-corrected chi connectivity index (χ4v) is 2.35. The molecule has 0 heterocycles. The Kier molecular flexibility index (Phi) is 3.79. The highest BCUT2D eigenvalue weighted by Crippen LogP contribution is 2.27. The first kappa shape index (κ1) is 11.4. The molecule has 82 valence electrons. The van der Waals surface area contributed by atoms with Crippen LogP contribution in [-0.4, -0.2) is 0 Å². The highest BCUT2D eigenvalue weighted by Gasteiger charge is 2.01. The van der Waals surface area contributed by atoms with Gasteiger partial charge >= 0.3 is 0 Å². The number of hydrogen-bond donors (Lipinski definition) is 0. The van der Waals surface area contributed by atoms with E-state index in [1.54, 1.807) is 0 Å². The van der Waals surface area contributed by atoms with Gasteiger partial charge in [-0.1, -0.05) is 71.7 Å². The van der Waals surface area contributed by atoms with E-state index in [9.17, 15) is 0 Å². The fourth-order valence-electron chi connectivity index (χ4n) is 1.83. The van der Waals surface area contributed by atoms with Gasteiger partial charge in [-0.2, -0.15) is 0 Å². The van der Waals surface area contributed by atoms with Gasteiger partial charge in [-0.05, 0) is 29.2 Å². The van der Waals surface area contributed by atoms with Gasteiger partial charge < -0.3 is 0 Å². The number of rotatable bonds is 3. The zero-order valence-electron chi connectivity index (χ0n) is 9.41. The van der Waals surface area contributed by atoms with Gasteiger partial charge in [-0.15, -0.1) is 0 Å². The van der Waals surface area contributed by atoms with E-state index < -0.39 is 0 Å². The van der Waals surface area contributed by atoms with Crippen LogP contribution in [0.2, 0.25) is 0 Å². The Morgan fingerprint density at radius 3 is 2.25 bits per heavy atom. The Balaban J connectivity index is 2.31. The van der Waals surface area contributed by atoms with Crippen LogP contribution in [0, 0.1) is 0 Å². The summed E-state index contributed by atoms with van der Waals surface area (Å²) in [4.78, 5) is 0. The molecule has 0 saturated heterocycles. The third-order valence-corrected chi connectivity index (χ3v) is 3.37. The summed E-state index contributed by atoms with van der Waals surface area (Å²) in [6.07, 6.45) is 2.37. The van der Waals surface area contributed by atoms with Gasteiger partial charge in [0.2, 0.25) is 0 Å². The van der Waals surface area contributed by atoms with Gasteiger partial charge in [0.1, 0.15) is 0 Å². The Morgan fingerprint density at radius 2 is 1.62 bits per heavy atom. The van der Waals surface area contributed by atoms with Gasteiger partial charge in [-0.25, -0.2) is 0 Å². The molecule has 0 radical (unpaired) electrons. The van der Waals surface area contributed by atoms with Crippen LogP contribution in [0.3, 0.4) is 0 Å². The molecule has 0 spiro atoms. The van der Waals surface area contributed by atoms with Crippen molar-refractivity contribution in [3.8, 4) is 11.1 Å². The molecule has 0 N–H and O–H groups in total. The summed E-state index contributed by atoms with van der Waals surface area (Å²) in [6, 6.07) is 17.2. The summed E-state index contributed by atoms with van der Waals surface area (Å²) in [6.45, 7) is 2.21. The average Bonchev–Trinajstić information content (AvgIpc) is 2.31. The number of hydrogen-bond acceptors (Lipinski definition) is 0. The summed E-state index contributed by atoms with van der Waals surface area (Å²) in [5.74, 6) is 0. The molecule has 0 fully saturated rings. The molecule has 16 heavy (non-hydrogen) atoms. The van der Waals surface area contributed by atoms with Crippen molar-refractivity contribution >= 4 is 15.9 Å². The first-order valence-electron chi connectivity index (χ1n) is 5.65. The standard InChI is InChI=1S/C15H15Br/c1-2-5-12-8-10-13(11-9-12)14-6-3-4-7-15(14)16/h3-4,6-11H,2,5H2,1H3. The smallest absolute Gasteiger partial charge is 0.0253 e. The van der Waals surface area contributed by atoms with Crippen molar-refractivity contribution in [2.24, 2.45) is 0 Å². The summed E-state index contributed by atoms with van der Waals surface area (Å²) in [5, 5.41) is 0. The molecule has 0 nitrogen and oxygen atoms in total. The van der Waals surface area contributed by atoms with Crippen LogP contribution in [0.5, 0.6) is 0 Å². The van der Waals surface area contributed by atoms with Crippen LogP contribution in [-0.2, 0) is 6.42 Å². The maximum atomic E-state index is 3.58. The largest absolute Gasteiger partial charge is 0.0651 e. The minimum atomic E-state index is 1.15. The molecule has 1 heteroatoms. The quantitative estimate of drug-likeness (QED) is 0.733. The van der Waals surface area contributed by atoms with Gasteiger partial charge in [0, 0.05) is 4.47 Å². The van der Waals surface area contributed by atoms with Gasteiger partial charge in [-0.3, -0.25) is 0 Å².